The van der Waals surface area contributed by atoms with E-state index in [2.05, 4.69) is 15.9 Å². The van der Waals surface area contributed by atoms with Gasteiger partial charge in [-0.2, -0.15) is 0 Å². The molecule has 108 valence electrons. The van der Waals surface area contributed by atoms with Gasteiger partial charge in [-0.15, -0.1) is 0 Å². The summed E-state index contributed by atoms with van der Waals surface area (Å²) < 4.78 is 21.3. The zero-order chi connectivity index (χ0) is 15.1. The first-order valence-corrected chi connectivity index (χ1v) is 7.14. The van der Waals surface area contributed by atoms with Gasteiger partial charge in [0.05, 0.1) is 5.52 Å². The van der Waals surface area contributed by atoms with E-state index < -0.39 is 5.60 Å². The van der Waals surface area contributed by atoms with Crippen LogP contribution < -0.4 is 0 Å². The lowest BCUT2D eigenvalue weighted by Crippen LogP contribution is -2.26. The van der Waals surface area contributed by atoms with Crippen molar-refractivity contribution < 1.29 is 13.9 Å². The molecule has 2 rings (SSSR count). The number of benzene rings is 1. The number of carbonyl (C=O) groups excluding carboxylic acids is 1. The zero-order valence-electron chi connectivity index (χ0n) is 12.0. The van der Waals surface area contributed by atoms with Crippen LogP contribution in [0.25, 0.3) is 10.9 Å². The van der Waals surface area contributed by atoms with Crippen LogP contribution in [-0.2, 0) is 16.1 Å². The van der Waals surface area contributed by atoms with Crippen LogP contribution >= 0.6 is 15.9 Å². The van der Waals surface area contributed by atoms with Gasteiger partial charge in [0.25, 0.3) is 0 Å². The van der Waals surface area contributed by atoms with Gasteiger partial charge < -0.3 is 9.30 Å². The van der Waals surface area contributed by atoms with Crippen molar-refractivity contribution in [3.8, 4) is 0 Å². The highest BCUT2D eigenvalue weighted by Crippen LogP contribution is 2.31. The van der Waals surface area contributed by atoms with E-state index in [0.717, 1.165) is 21.1 Å². The van der Waals surface area contributed by atoms with Crippen molar-refractivity contribution in [1.29, 1.82) is 0 Å². The molecule has 3 nitrogen and oxygen atoms in total. The summed E-state index contributed by atoms with van der Waals surface area (Å²) in [7, 11) is 0. The minimum absolute atomic E-state index is 0.108. The Kier molecular flexibility index (Phi) is 3.91. The lowest BCUT2D eigenvalue weighted by atomic mass is 10.2. The number of aromatic nitrogens is 1. The smallest absolute Gasteiger partial charge is 0.326 e. The Balaban J connectivity index is 2.40. The first-order chi connectivity index (χ1) is 9.19. The van der Waals surface area contributed by atoms with Crippen molar-refractivity contribution in [2.45, 2.75) is 39.8 Å². The van der Waals surface area contributed by atoms with Crippen molar-refractivity contribution >= 4 is 32.8 Å². The van der Waals surface area contributed by atoms with E-state index in [1.807, 2.05) is 32.3 Å². The van der Waals surface area contributed by atoms with Gasteiger partial charge in [-0.1, -0.05) is 0 Å². The molecule has 5 heteroatoms. The monoisotopic (exact) mass is 341 g/mol. The van der Waals surface area contributed by atoms with Crippen LogP contribution in [0.4, 0.5) is 4.39 Å². The van der Waals surface area contributed by atoms with Crippen LogP contribution in [0.1, 0.15) is 26.5 Å². The second-order valence-electron chi connectivity index (χ2n) is 5.73. The molecule has 0 radical (unpaired) electrons. The van der Waals surface area contributed by atoms with E-state index in [1.165, 1.54) is 12.1 Å². The summed E-state index contributed by atoms with van der Waals surface area (Å²) in [5, 5.41) is 0.756. The average molecular weight is 342 g/mol. The minimum Gasteiger partial charge on any atom is -0.459 e. The third-order valence-electron chi connectivity index (χ3n) is 2.92. The van der Waals surface area contributed by atoms with Crippen molar-refractivity contribution in [2.24, 2.45) is 0 Å². The van der Waals surface area contributed by atoms with Crippen LogP contribution in [0, 0.1) is 12.7 Å². The minimum atomic E-state index is -0.517. The molecular weight excluding hydrogens is 325 g/mol. The quantitative estimate of drug-likeness (QED) is 0.766. The van der Waals surface area contributed by atoms with E-state index in [4.69, 9.17) is 4.74 Å². The number of fused-ring (bicyclic) bond motifs is 1. The summed E-state index contributed by atoms with van der Waals surface area (Å²) in [5.74, 6) is -0.609. The van der Waals surface area contributed by atoms with E-state index in [0.29, 0.717) is 0 Å². The van der Waals surface area contributed by atoms with Crippen molar-refractivity contribution in [3.63, 3.8) is 0 Å². The van der Waals surface area contributed by atoms with Crippen LogP contribution in [-0.4, -0.2) is 16.1 Å². The summed E-state index contributed by atoms with van der Waals surface area (Å²) in [6.07, 6.45) is 0. The average Bonchev–Trinajstić information content (AvgIpc) is 2.52. The van der Waals surface area contributed by atoms with Gasteiger partial charge in [-0.05, 0) is 61.8 Å². The highest BCUT2D eigenvalue weighted by Gasteiger charge is 2.19. The molecule has 0 saturated carbocycles. The van der Waals surface area contributed by atoms with Gasteiger partial charge in [0.15, 0.2) is 0 Å². The highest BCUT2D eigenvalue weighted by molar-refractivity contribution is 9.10. The molecule has 0 unspecified atom stereocenters. The predicted molar refractivity (Wildman–Crippen MR) is 80.2 cm³/mol. The standard InChI is InChI=1S/C15H17BrFNO2/c1-9-14(16)11-7-10(17)5-6-12(11)18(9)8-13(19)20-15(2,3)4/h5-7H,8H2,1-4H3. The van der Waals surface area contributed by atoms with Crippen molar-refractivity contribution in [1.82, 2.24) is 4.57 Å². The fourth-order valence-corrected chi connectivity index (χ4v) is 2.65. The molecule has 20 heavy (non-hydrogen) atoms. The van der Waals surface area contributed by atoms with Crippen LogP contribution in [0.5, 0.6) is 0 Å². The van der Waals surface area contributed by atoms with Crippen LogP contribution in [0.3, 0.4) is 0 Å². The number of carbonyl (C=O) groups is 1. The maximum Gasteiger partial charge on any atom is 0.326 e. The first-order valence-electron chi connectivity index (χ1n) is 6.35. The highest BCUT2D eigenvalue weighted by atomic mass is 79.9. The molecule has 2 aromatic rings. The van der Waals surface area contributed by atoms with Crippen LogP contribution in [0.2, 0.25) is 0 Å². The van der Waals surface area contributed by atoms with Gasteiger partial charge in [-0.25, -0.2) is 4.39 Å². The summed E-state index contributed by atoms with van der Waals surface area (Å²) in [5.41, 5.74) is 1.16. The van der Waals surface area contributed by atoms with E-state index >= 15 is 0 Å². The zero-order valence-corrected chi connectivity index (χ0v) is 13.5. The summed E-state index contributed by atoms with van der Waals surface area (Å²) >= 11 is 3.45. The summed E-state index contributed by atoms with van der Waals surface area (Å²) in [6, 6.07) is 4.52. The molecule has 1 aromatic heterocycles. The molecule has 0 N–H and O–H groups in total. The molecule has 0 bridgehead atoms. The number of rotatable bonds is 2. The maximum atomic E-state index is 13.3. The van der Waals surface area contributed by atoms with E-state index in [1.54, 1.807) is 6.07 Å². The van der Waals surface area contributed by atoms with E-state index in [9.17, 15) is 9.18 Å². The van der Waals surface area contributed by atoms with Gasteiger partial charge in [0.2, 0.25) is 0 Å². The van der Waals surface area contributed by atoms with Gasteiger partial charge in [0.1, 0.15) is 18.0 Å². The SMILES string of the molecule is Cc1c(Br)c2cc(F)ccc2n1CC(=O)OC(C)(C)C. The second-order valence-corrected chi connectivity index (χ2v) is 6.53. The lowest BCUT2D eigenvalue weighted by molar-refractivity contribution is -0.155. The molecule has 1 heterocycles. The molecule has 0 aliphatic carbocycles. The third kappa shape index (κ3) is 3.03. The number of hydrogen-bond donors (Lipinski definition) is 0. The fraction of sp³-hybridized carbons (Fsp3) is 0.400. The Hall–Kier alpha value is -1.36. The van der Waals surface area contributed by atoms with Gasteiger partial charge in [0, 0.05) is 15.6 Å². The largest absolute Gasteiger partial charge is 0.459 e. The molecule has 0 amide bonds. The topological polar surface area (TPSA) is 31.2 Å². The molecule has 0 fully saturated rings. The number of esters is 1. The summed E-state index contributed by atoms with van der Waals surface area (Å²) in [4.78, 5) is 12.0. The third-order valence-corrected chi connectivity index (χ3v) is 3.92. The molecule has 1 aromatic carbocycles. The Morgan fingerprint density at radius 2 is 2.05 bits per heavy atom. The molecule has 0 aliphatic heterocycles. The second kappa shape index (κ2) is 5.20. The lowest BCUT2D eigenvalue weighted by Gasteiger charge is -2.20. The normalized spacial score (nSPS) is 11.9. The maximum absolute atomic E-state index is 13.3. The molecule has 0 aliphatic rings. The Labute approximate surface area is 125 Å². The fourth-order valence-electron chi connectivity index (χ4n) is 2.12. The van der Waals surface area contributed by atoms with Gasteiger partial charge >= 0.3 is 5.97 Å². The summed E-state index contributed by atoms with van der Waals surface area (Å²) in [6.45, 7) is 7.48. The van der Waals surface area contributed by atoms with Crippen LogP contribution in [0.15, 0.2) is 22.7 Å². The molecular formula is C15H17BrFNO2. The Morgan fingerprint density at radius 1 is 1.40 bits per heavy atom. The Bertz CT molecular complexity index is 671. The van der Waals surface area contributed by atoms with Gasteiger partial charge in [-0.3, -0.25) is 4.79 Å². The van der Waals surface area contributed by atoms with Crippen molar-refractivity contribution in [3.05, 3.63) is 34.2 Å². The molecule has 0 atom stereocenters. The number of ether oxygens (including phenoxy) is 1. The number of halogens is 2. The van der Waals surface area contributed by atoms with E-state index in [-0.39, 0.29) is 18.3 Å². The molecule has 0 spiro atoms. The van der Waals surface area contributed by atoms with Crippen molar-refractivity contribution in [2.75, 3.05) is 0 Å². The first kappa shape index (κ1) is 15.0. The number of hydrogen-bond acceptors (Lipinski definition) is 2. The Morgan fingerprint density at radius 3 is 2.65 bits per heavy atom. The molecule has 0 saturated heterocycles. The number of nitrogens with zero attached hydrogens (tertiary/aromatic N) is 1. The predicted octanol–water partition coefficient (Wildman–Crippen LogP) is 4.19.